The third-order valence-corrected chi connectivity index (χ3v) is 17.1. The Morgan fingerprint density at radius 2 is 0.571 bits per heavy atom. The predicted molar refractivity (Wildman–Crippen MR) is 399 cm³/mol. The number of unbranched alkanes of at least 4 members (excludes halogenated alkanes) is 22. The number of carbonyl (C=O) groups excluding carboxylic acids is 4. The molecule has 0 fully saturated rings. The summed E-state index contributed by atoms with van der Waals surface area (Å²) in [6.07, 6.45) is 77.7. The molecule has 0 spiro atoms. The van der Waals surface area contributed by atoms with Crippen molar-refractivity contribution >= 4 is 39.5 Å². The first-order chi connectivity index (χ1) is 47.7. The van der Waals surface area contributed by atoms with Crippen LogP contribution in [0.1, 0.15) is 285 Å². The second-order valence-electron chi connectivity index (χ2n) is 24.5. The average molecular weight is 1420 g/mol. The van der Waals surface area contributed by atoms with Crippen molar-refractivity contribution in [1.29, 1.82) is 0 Å². The number of hydrogen-bond donors (Lipinski definition) is 3. The van der Waals surface area contributed by atoms with E-state index in [0.717, 1.165) is 167 Å². The van der Waals surface area contributed by atoms with E-state index in [0.29, 0.717) is 25.7 Å². The number of aliphatic hydroxyl groups excluding tert-OH is 1. The Labute approximate surface area is 593 Å². The number of hydrogen-bond acceptors (Lipinski definition) is 15. The second kappa shape index (κ2) is 70.6. The molecule has 560 valence electrons. The van der Waals surface area contributed by atoms with Gasteiger partial charge >= 0.3 is 39.5 Å². The van der Waals surface area contributed by atoms with Crippen molar-refractivity contribution in [2.24, 2.45) is 0 Å². The van der Waals surface area contributed by atoms with Crippen molar-refractivity contribution in [3.05, 3.63) is 134 Å². The highest BCUT2D eigenvalue weighted by Crippen LogP contribution is 2.45. The fraction of sp³-hybridized carbons (Fsp3) is 0.671. The van der Waals surface area contributed by atoms with E-state index in [1.807, 2.05) is 12.2 Å². The lowest BCUT2D eigenvalue weighted by molar-refractivity contribution is -0.161. The van der Waals surface area contributed by atoms with Gasteiger partial charge in [0.1, 0.15) is 19.3 Å². The molecule has 0 aliphatic heterocycles. The van der Waals surface area contributed by atoms with Gasteiger partial charge in [-0.3, -0.25) is 37.3 Å². The maximum absolute atomic E-state index is 13.1. The van der Waals surface area contributed by atoms with Gasteiger partial charge in [-0.1, -0.05) is 277 Å². The zero-order valence-electron chi connectivity index (χ0n) is 60.9. The van der Waals surface area contributed by atoms with Gasteiger partial charge in [-0.05, 0) is 116 Å². The third kappa shape index (κ3) is 69.7. The van der Waals surface area contributed by atoms with E-state index in [1.54, 1.807) is 12.2 Å². The number of allylic oxidation sites excluding steroid dienone is 21. The number of esters is 4. The summed E-state index contributed by atoms with van der Waals surface area (Å²) < 4.78 is 68.2. The van der Waals surface area contributed by atoms with Crippen LogP contribution in [0.5, 0.6) is 0 Å². The smallest absolute Gasteiger partial charge is 0.462 e. The minimum atomic E-state index is -5.00. The summed E-state index contributed by atoms with van der Waals surface area (Å²) in [6, 6.07) is 0. The Morgan fingerprint density at radius 3 is 0.908 bits per heavy atom. The van der Waals surface area contributed by atoms with Crippen LogP contribution in [-0.2, 0) is 65.4 Å². The van der Waals surface area contributed by atoms with Crippen molar-refractivity contribution in [2.75, 3.05) is 39.6 Å². The fourth-order valence-corrected chi connectivity index (χ4v) is 11.1. The molecule has 19 heteroatoms. The van der Waals surface area contributed by atoms with Gasteiger partial charge in [-0.25, -0.2) is 9.13 Å². The van der Waals surface area contributed by atoms with Gasteiger partial charge in [0.25, 0.3) is 0 Å². The van der Waals surface area contributed by atoms with Gasteiger partial charge in [0, 0.05) is 19.3 Å². The maximum Gasteiger partial charge on any atom is 0.472 e. The molecule has 0 bridgehead atoms. The van der Waals surface area contributed by atoms with Crippen LogP contribution in [0.15, 0.2) is 134 Å². The van der Waals surface area contributed by atoms with E-state index in [9.17, 15) is 43.2 Å². The van der Waals surface area contributed by atoms with Crippen LogP contribution in [-0.4, -0.2) is 96.7 Å². The Morgan fingerprint density at radius 1 is 0.306 bits per heavy atom. The number of rotatable bonds is 69. The monoisotopic (exact) mass is 1410 g/mol. The molecule has 0 aromatic rings. The molecule has 0 aliphatic carbocycles. The maximum atomic E-state index is 13.1. The van der Waals surface area contributed by atoms with Gasteiger partial charge in [0.05, 0.1) is 32.8 Å². The summed E-state index contributed by atoms with van der Waals surface area (Å²) in [5.74, 6) is -2.35. The molecule has 0 saturated heterocycles. The molecule has 0 rings (SSSR count). The lowest BCUT2D eigenvalue weighted by Crippen LogP contribution is -2.30. The Balaban J connectivity index is 5.41. The van der Waals surface area contributed by atoms with E-state index in [1.165, 1.54) is 38.5 Å². The normalized spacial score (nSPS) is 14.7. The molecule has 0 saturated carbocycles. The summed E-state index contributed by atoms with van der Waals surface area (Å²) in [7, 11) is -9.99. The zero-order chi connectivity index (χ0) is 71.8. The highest BCUT2D eigenvalue weighted by molar-refractivity contribution is 7.47. The molecular weight excluding hydrogens is 1280 g/mol. The summed E-state index contributed by atoms with van der Waals surface area (Å²) in [5.41, 5.74) is 0. The fourth-order valence-electron chi connectivity index (χ4n) is 9.56. The van der Waals surface area contributed by atoms with Crippen LogP contribution in [0.25, 0.3) is 0 Å². The van der Waals surface area contributed by atoms with Gasteiger partial charge in [-0.15, -0.1) is 0 Å². The van der Waals surface area contributed by atoms with Gasteiger partial charge in [-0.2, -0.15) is 0 Å². The van der Waals surface area contributed by atoms with Crippen molar-refractivity contribution in [2.45, 2.75) is 303 Å². The Hall–Kier alpha value is -4.80. The number of aliphatic hydroxyl groups is 1. The van der Waals surface area contributed by atoms with Crippen molar-refractivity contribution in [3.8, 4) is 0 Å². The largest absolute Gasteiger partial charge is 0.472 e. The van der Waals surface area contributed by atoms with Gasteiger partial charge < -0.3 is 33.8 Å². The first-order valence-electron chi connectivity index (χ1n) is 37.4. The van der Waals surface area contributed by atoms with Crippen LogP contribution in [0.2, 0.25) is 0 Å². The summed E-state index contributed by atoms with van der Waals surface area (Å²) >= 11 is 0. The molecule has 98 heavy (non-hydrogen) atoms. The highest BCUT2D eigenvalue weighted by atomic mass is 31.2. The van der Waals surface area contributed by atoms with E-state index in [-0.39, 0.29) is 25.7 Å². The highest BCUT2D eigenvalue weighted by Gasteiger charge is 2.30. The van der Waals surface area contributed by atoms with Gasteiger partial charge in [0.2, 0.25) is 0 Å². The molecule has 3 N–H and O–H groups in total. The van der Waals surface area contributed by atoms with E-state index >= 15 is 0 Å². The SMILES string of the molecule is CC/C=C\C/C=C\C/C=C\C/C=C\C/C=C\CC(=O)OC(COC(=O)CCCCCCCCC/C=C\C/C=C\C/C=C\CC)COP(=O)(O)OCC(O)COP(=O)(O)OCC(COC(=O)CCCCCCC/C=C\C/C=C\C/C=C\CC)OC(=O)CCCCCCCCCCCCC. The number of phosphoric ester groups is 2. The van der Waals surface area contributed by atoms with E-state index in [4.69, 9.17) is 37.0 Å². The number of ether oxygens (including phenoxy) is 4. The van der Waals surface area contributed by atoms with E-state index in [2.05, 4.69) is 137 Å². The van der Waals surface area contributed by atoms with Crippen LogP contribution in [0, 0.1) is 0 Å². The molecule has 17 nitrogen and oxygen atoms in total. The van der Waals surface area contributed by atoms with Gasteiger partial charge in [0.15, 0.2) is 12.2 Å². The zero-order valence-corrected chi connectivity index (χ0v) is 62.7. The quantitative estimate of drug-likeness (QED) is 0.0169. The molecule has 0 radical (unpaired) electrons. The van der Waals surface area contributed by atoms with E-state index < -0.39 is 97.5 Å². The first kappa shape index (κ1) is 93.2. The Bertz CT molecular complexity index is 2380. The molecule has 0 aromatic heterocycles. The predicted octanol–water partition coefficient (Wildman–Crippen LogP) is 21.3. The summed E-state index contributed by atoms with van der Waals surface area (Å²) in [4.78, 5) is 72.7. The number of phosphoric acid groups is 2. The minimum Gasteiger partial charge on any atom is -0.462 e. The molecule has 0 heterocycles. The average Bonchev–Trinajstić information content (AvgIpc) is 0.980. The molecule has 0 amide bonds. The minimum absolute atomic E-state index is 0.0882. The van der Waals surface area contributed by atoms with Crippen LogP contribution >= 0.6 is 15.6 Å². The van der Waals surface area contributed by atoms with Crippen molar-refractivity contribution in [1.82, 2.24) is 0 Å². The van der Waals surface area contributed by atoms with Crippen molar-refractivity contribution < 1.29 is 80.2 Å². The van der Waals surface area contributed by atoms with Crippen molar-refractivity contribution in [3.63, 3.8) is 0 Å². The molecule has 0 aliphatic rings. The lowest BCUT2D eigenvalue weighted by Gasteiger charge is -2.21. The molecule has 0 aromatic carbocycles. The molecule has 5 atom stereocenters. The number of carbonyl (C=O) groups is 4. The lowest BCUT2D eigenvalue weighted by atomic mass is 10.1. The third-order valence-electron chi connectivity index (χ3n) is 15.2. The summed E-state index contributed by atoms with van der Waals surface area (Å²) in [6.45, 7) is 4.37. The molecular formula is C79H132O17P2. The Kier molecular flexibility index (Phi) is 67.2. The standard InChI is InChI=1S/C79H132O17P2/c1-5-9-13-17-21-25-29-32-35-36-39-41-45-48-52-56-60-64-77(82)90-70-75(96-79(84)66-62-58-54-50-46-42-38-34-31-27-23-19-15-11-7-3)72-94-98(87,88)92-68-73(80)67-91-97(85,86)93-71-74(95-78(83)65-61-57-53-49-43-28-24-20-16-12-8-4)69-89-76(81)63-59-55-51-47-44-40-37-33-30-26-22-18-14-10-6-2/h9-11,13-15,21-23,25-27,32-35,37-38,46,50,58,62,73-75,80H,5-8,12,16-20,24,28-31,36,39-45,47-49,51-57,59-61,63-72H2,1-4H3,(H,85,86)(H,87,88)/b13-9-,14-10-,15-11-,25-21-,26-22-,27-23-,35-32-,37-33-,38-34-,50-46-,62-58-. The van der Waals surface area contributed by atoms with Crippen LogP contribution < -0.4 is 0 Å². The van der Waals surface area contributed by atoms with Crippen LogP contribution in [0.4, 0.5) is 0 Å². The second-order valence-corrected chi connectivity index (χ2v) is 27.4. The summed E-state index contributed by atoms with van der Waals surface area (Å²) in [5, 5.41) is 10.6. The molecule has 5 unspecified atom stereocenters. The first-order valence-corrected chi connectivity index (χ1v) is 40.4. The van der Waals surface area contributed by atoms with Crippen LogP contribution in [0.3, 0.4) is 0 Å². The topological polar surface area (TPSA) is 237 Å².